The molecule has 2 heterocycles. The standard InChI is InChI=1S/C12H21ClN4/c1-10(2)7-17-12(14-9-15-17)8-16-5-3-11(13)4-6-16/h9-11H,3-8H2,1-2H3. The number of piperidine rings is 1. The van der Waals surface area contributed by atoms with Gasteiger partial charge in [0.15, 0.2) is 0 Å². The molecule has 0 aliphatic carbocycles. The van der Waals surface area contributed by atoms with Gasteiger partial charge >= 0.3 is 0 Å². The zero-order chi connectivity index (χ0) is 12.3. The second kappa shape index (κ2) is 5.83. The molecule has 0 aromatic carbocycles. The van der Waals surface area contributed by atoms with E-state index in [0.717, 1.165) is 44.8 Å². The van der Waals surface area contributed by atoms with Gasteiger partial charge in [0.05, 0.1) is 6.54 Å². The smallest absolute Gasteiger partial charge is 0.141 e. The topological polar surface area (TPSA) is 34.0 Å². The van der Waals surface area contributed by atoms with E-state index in [0.29, 0.717) is 11.3 Å². The molecule has 96 valence electrons. The Morgan fingerprint density at radius 1 is 1.41 bits per heavy atom. The van der Waals surface area contributed by atoms with Crippen molar-refractivity contribution in [3.8, 4) is 0 Å². The molecular weight excluding hydrogens is 236 g/mol. The van der Waals surface area contributed by atoms with Crippen LogP contribution < -0.4 is 0 Å². The van der Waals surface area contributed by atoms with Crippen molar-refractivity contribution in [3.63, 3.8) is 0 Å². The molecule has 1 aromatic rings. The lowest BCUT2D eigenvalue weighted by Gasteiger charge is -2.28. The summed E-state index contributed by atoms with van der Waals surface area (Å²) >= 11 is 6.10. The maximum absolute atomic E-state index is 6.10. The summed E-state index contributed by atoms with van der Waals surface area (Å²) in [7, 11) is 0. The summed E-state index contributed by atoms with van der Waals surface area (Å²) in [4.78, 5) is 6.78. The minimum atomic E-state index is 0.361. The first-order valence-electron chi connectivity index (χ1n) is 6.38. The molecular formula is C12H21ClN4. The Morgan fingerprint density at radius 2 is 2.12 bits per heavy atom. The van der Waals surface area contributed by atoms with E-state index >= 15 is 0 Å². The Balaban J connectivity index is 1.92. The minimum Gasteiger partial charge on any atom is -0.296 e. The van der Waals surface area contributed by atoms with Gasteiger partial charge in [-0.3, -0.25) is 4.90 Å². The van der Waals surface area contributed by atoms with Gasteiger partial charge in [-0.1, -0.05) is 13.8 Å². The van der Waals surface area contributed by atoms with Crippen molar-refractivity contribution in [1.29, 1.82) is 0 Å². The van der Waals surface area contributed by atoms with Crippen molar-refractivity contribution in [2.45, 2.75) is 45.2 Å². The first kappa shape index (κ1) is 12.8. The molecule has 5 heteroatoms. The van der Waals surface area contributed by atoms with E-state index in [2.05, 4.69) is 28.8 Å². The van der Waals surface area contributed by atoms with Crippen LogP contribution in [0.25, 0.3) is 0 Å². The van der Waals surface area contributed by atoms with Crippen molar-refractivity contribution >= 4 is 11.6 Å². The summed E-state index contributed by atoms with van der Waals surface area (Å²) in [6, 6.07) is 0. The van der Waals surface area contributed by atoms with Gasteiger partial charge in [-0.15, -0.1) is 11.6 Å². The number of aromatic nitrogens is 3. The highest BCUT2D eigenvalue weighted by atomic mass is 35.5. The molecule has 0 atom stereocenters. The number of alkyl halides is 1. The number of halogens is 1. The van der Waals surface area contributed by atoms with Gasteiger partial charge in [0, 0.05) is 25.0 Å². The predicted octanol–water partition coefficient (Wildman–Crippen LogP) is 2.14. The van der Waals surface area contributed by atoms with Gasteiger partial charge in [-0.25, -0.2) is 9.67 Å². The first-order valence-corrected chi connectivity index (χ1v) is 6.82. The van der Waals surface area contributed by atoms with Crippen LogP contribution in [-0.2, 0) is 13.1 Å². The van der Waals surface area contributed by atoms with Crippen molar-refractivity contribution in [3.05, 3.63) is 12.2 Å². The van der Waals surface area contributed by atoms with E-state index in [4.69, 9.17) is 11.6 Å². The lowest BCUT2D eigenvalue weighted by atomic mass is 10.1. The molecule has 1 aromatic heterocycles. The lowest BCUT2D eigenvalue weighted by molar-refractivity contribution is 0.213. The Kier molecular flexibility index (Phi) is 4.40. The second-order valence-corrected chi connectivity index (χ2v) is 5.82. The molecule has 17 heavy (non-hydrogen) atoms. The maximum Gasteiger partial charge on any atom is 0.141 e. The highest BCUT2D eigenvalue weighted by Crippen LogP contribution is 2.17. The zero-order valence-corrected chi connectivity index (χ0v) is 11.4. The van der Waals surface area contributed by atoms with E-state index in [9.17, 15) is 0 Å². The Bertz CT molecular complexity index is 342. The van der Waals surface area contributed by atoms with Crippen molar-refractivity contribution < 1.29 is 0 Å². The van der Waals surface area contributed by atoms with Crippen LogP contribution in [0.2, 0.25) is 0 Å². The summed E-state index contributed by atoms with van der Waals surface area (Å²) in [5.74, 6) is 1.68. The average molecular weight is 257 g/mol. The van der Waals surface area contributed by atoms with Crippen molar-refractivity contribution in [2.75, 3.05) is 13.1 Å². The molecule has 1 aliphatic heterocycles. The van der Waals surface area contributed by atoms with Crippen LogP contribution in [0.4, 0.5) is 0 Å². The minimum absolute atomic E-state index is 0.361. The molecule has 1 aliphatic rings. The van der Waals surface area contributed by atoms with E-state index < -0.39 is 0 Å². The van der Waals surface area contributed by atoms with Gasteiger partial charge in [-0.2, -0.15) is 5.10 Å². The van der Waals surface area contributed by atoms with Crippen LogP contribution >= 0.6 is 11.6 Å². The number of rotatable bonds is 4. The maximum atomic E-state index is 6.10. The van der Waals surface area contributed by atoms with Gasteiger partial charge in [0.2, 0.25) is 0 Å². The van der Waals surface area contributed by atoms with E-state index in [1.54, 1.807) is 6.33 Å². The third kappa shape index (κ3) is 3.68. The van der Waals surface area contributed by atoms with Crippen LogP contribution in [0.3, 0.4) is 0 Å². The van der Waals surface area contributed by atoms with E-state index in [-0.39, 0.29) is 0 Å². The molecule has 0 spiro atoms. The third-order valence-corrected chi connectivity index (χ3v) is 3.55. The fraction of sp³-hybridized carbons (Fsp3) is 0.833. The SMILES string of the molecule is CC(C)Cn1ncnc1CN1CCC(Cl)CC1. The van der Waals surface area contributed by atoms with E-state index in [1.165, 1.54) is 0 Å². The molecule has 0 unspecified atom stereocenters. The lowest BCUT2D eigenvalue weighted by Crippen LogP contribution is -2.34. The Morgan fingerprint density at radius 3 is 2.76 bits per heavy atom. The normalized spacial score (nSPS) is 19.1. The third-order valence-electron chi connectivity index (χ3n) is 3.12. The molecule has 0 bridgehead atoms. The monoisotopic (exact) mass is 256 g/mol. The summed E-state index contributed by atoms with van der Waals surface area (Å²) in [6.07, 6.45) is 3.83. The van der Waals surface area contributed by atoms with Gasteiger partial charge in [0.25, 0.3) is 0 Å². The van der Waals surface area contributed by atoms with Gasteiger partial charge in [0.1, 0.15) is 12.2 Å². The quantitative estimate of drug-likeness (QED) is 0.774. The second-order valence-electron chi connectivity index (χ2n) is 5.20. The molecule has 4 nitrogen and oxygen atoms in total. The highest BCUT2D eigenvalue weighted by molar-refractivity contribution is 6.20. The molecule has 2 rings (SSSR count). The Hall–Kier alpha value is -0.610. The fourth-order valence-corrected chi connectivity index (χ4v) is 2.36. The summed E-state index contributed by atoms with van der Waals surface area (Å²) in [5, 5.41) is 4.65. The largest absolute Gasteiger partial charge is 0.296 e. The molecule has 1 saturated heterocycles. The van der Waals surface area contributed by atoms with Gasteiger partial charge < -0.3 is 0 Å². The molecule has 0 saturated carbocycles. The molecule has 0 radical (unpaired) electrons. The number of nitrogens with zero attached hydrogens (tertiary/aromatic N) is 4. The molecule has 1 fully saturated rings. The van der Waals surface area contributed by atoms with Crippen LogP contribution in [0.15, 0.2) is 6.33 Å². The predicted molar refractivity (Wildman–Crippen MR) is 69.0 cm³/mol. The average Bonchev–Trinajstić information content (AvgIpc) is 2.68. The van der Waals surface area contributed by atoms with Crippen LogP contribution in [0, 0.1) is 5.92 Å². The molecule has 0 amide bonds. The van der Waals surface area contributed by atoms with Crippen LogP contribution in [0.1, 0.15) is 32.5 Å². The zero-order valence-electron chi connectivity index (χ0n) is 10.6. The fourth-order valence-electron chi connectivity index (χ4n) is 2.17. The van der Waals surface area contributed by atoms with Crippen molar-refractivity contribution in [1.82, 2.24) is 19.7 Å². The summed E-state index contributed by atoms with van der Waals surface area (Å²) < 4.78 is 2.03. The van der Waals surface area contributed by atoms with Gasteiger partial charge in [-0.05, 0) is 18.8 Å². The van der Waals surface area contributed by atoms with Crippen molar-refractivity contribution in [2.24, 2.45) is 5.92 Å². The summed E-state index contributed by atoms with van der Waals surface area (Å²) in [6.45, 7) is 8.39. The van der Waals surface area contributed by atoms with Crippen LogP contribution in [-0.4, -0.2) is 38.1 Å². The first-order chi connectivity index (χ1) is 8.15. The van der Waals surface area contributed by atoms with Crippen LogP contribution in [0.5, 0.6) is 0 Å². The van der Waals surface area contributed by atoms with E-state index in [1.807, 2.05) is 4.68 Å². The Labute approximate surface area is 108 Å². The number of likely N-dealkylation sites (tertiary alicyclic amines) is 1. The highest BCUT2D eigenvalue weighted by Gasteiger charge is 2.19. The molecule has 0 N–H and O–H groups in total. The summed E-state index contributed by atoms with van der Waals surface area (Å²) in [5.41, 5.74) is 0. The number of hydrogen-bond donors (Lipinski definition) is 0. The number of hydrogen-bond acceptors (Lipinski definition) is 3.